The molecule has 70 heavy (non-hydrogen) atoms. The molecule has 11 aromatic rings. The summed E-state index contributed by atoms with van der Waals surface area (Å²) in [5, 5.41) is 4.99. The van der Waals surface area contributed by atoms with E-state index in [1.807, 2.05) is 0 Å². The Morgan fingerprint density at radius 1 is 0.271 bits per heavy atom. The van der Waals surface area contributed by atoms with Gasteiger partial charge in [-0.15, -0.1) is 0 Å². The van der Waals surface area contributed by atoms with Gasteiger partial charge in [0.15, 0.2) is 0 Å². The molecule has 0 fully saturated rings. The molecule has 0 bridgehead atoms. The molecule has 0 saturated carbocycles. The first-order valence-corrected chi connectivity index (χ1v) is 24.8. The number of hydrogen-bond donors (Lipinski definition) is 0. The van der Waals surface area contributed by atoms with Crippen molar-refractivity contribution in [3.63, 3.8) is 0 Å². The summed E-state index contributed by atoms with van der Waals surface area (Å²) in [4.78, 5) is 2.61. The van der Waals surface area contributed by atoms with E-state index in [1.54, 1.807) is 0 Å². The molecule has 0 atom stereocenters. The Morgan fingerprint density at radius 3 is 1.29 bits per heavy atom. The lowest BCUT2D eigenvalue weighted by Gasteiger charge is -2.36. The zero-order chi connectivity index (χ0) is 46.9. The van der Waals surface area contributed by atoms with Gasteiger partial charge >= 0.3 is 0 Å². The zero-order valence-corrected chi connectivity index (χ0v) is 40.0. The van der Waals surface area contributed by atoms with Crippen LogP contribution in [-0.2, 0) is 16.2 Å². The topological polar surface area (TPSA) is 3.24 Å². The summed E-state index contributed by atoms with van der Waals surface area (Å²) in [6, 6.07) is 89.7. The average Bonchev–Trinajstić information content (AvgIpc) is 3.93. The summed E-state index contributed by atoms with van der Waals surface area (Å²) in [6.45, 7) is 9.59. The van der Waals surface area contributed by atoms with Crippen LogP contribution in [0.4, 0.5) is 17.1 Å². The normalized spacial score (nSPS) is 14.9. The molecule has 11 aromatic carbocycles. The monoisotopic (exact) mass is 893 g/mol. The molecule has 332 valence electrons. The van der Waals surface area contributed by atoms with Crippen molar-refractivity contribution in [1.82, 2.24) is 0 Å². The molecule has 1 nitrogen and oxygen atoms in total. The molecule has 0 aromatic heterocycles. The van der Waals surface area contributed by atoms with E-state index < -0.39 is 5.41 Å². The Hall–Kier alpha value is -8.26. The van der Waals surface area contributed by atoms with E-state index in [-0.39, 0.29) is 10.8 Å². The van der Waals surface area contributed by atoms with E-state index in [0.29, 0.717) is 0 Å². The Morgan fingerprint density at radius 2 is 0.714 bits per heavy atom. The maximum absolute atomic E-state index is 2.61. The number of fused-ring (bicyclic) bond motifs is 12. The molecule has 0 heterocycles. The molecule has 0 radical (unpaired) electrons. The molecule has 0 spiro atoms. The molecular formula is C69H51N. The van der Waals surface area contributed by atoms with Gasteiger partial charge in [0.2, 0.25) is 0 Å². The van der Waals surface area contributed by atoms with Gasteiger partial charge < -0.3 is 4.90 Å². The Labute approximate surface area is 411 Å². The van der Waals surface area contributed by atoms with Crippen LogP contribution in [0.3, 0.4) is 0 Å². The number of nitrogens with zero attached hydrogens (tertiary/aromatic N) is 1. The van der Waals surface area contributed by atoms with Crippen LogP contribution in [0, 0.1) is 0 Å². The highest BCUT2D eigenvalue weighted by Crippen LogP contribution is 2.60. The summed E-state index contributed by atoms with van der Waals surface area (Å²) in [6.07, 6.45) is 0. The molecule has 0 amide bonds. The van der Waals surface area contributed by atoms with E-state index >= 15 is 0 Å². The minimum absolute atomic E-state index is 0.193. The highest BCUT2D eigenvalue weighted by atomic mass is 15.1. The highest BCUT2D eigenvalue weighted by Gasteiger charge is 2.47. The quantitative estimate of drug-likeness (QED) is 0.150. The highest BCUT2D eigenvalue weighted by molar-refractivity contribution is 6.15. The molecule has 1 heteroatoms. The lowest BCUT2D eigenvalue weighted by Crippen LogP contribution is -2.29. The average molecular weight is 894 g/mol. The fourth-order valence-corrected chi connectivity index (χ4v) is 13.2. The first-order chi connectivity index (χ1) is 34.2. The molecule has 0 N–H and O–H groups in total. The van der Waals surface area contributed by atoms with Gasteiger partial charge in [0.05, 0.1) is 11.1 Å². The second kappa shape index (κ2) is 14.9. The molecular weight excluding hydrogens is 843 g/mol. The van der Waals surface area contributed by atoms with Crippen molar-refractivity contribution in [3.05, 3.63) is 281 Å². The van der Waals surface area contributed by atoms with Gasteiger partial charge in [0.25, 0.3) is 0 Å². The van der Waals surface area contributed by atoms with Gasteiger partial charge in [-0.1, -0.05) is 222 Å². The lowest BCUT2D eigenvalue weighted by atomic mass is 9.67. The van der Waals surface area contributed by atoms with E-state index in [9.17, 15) is 0 Å². The van der Waals surface area contributed by atoms with Crippen molar-refractivity contribution in [3.8, 4) is 44.5 Å². The van der Waals surface area contributed by atoms with Crippen LogP contribution >= 0.6 is 0 Å². The van der Waals surface area contributed by atoms with E-state index in [4.69, 9.17) is 0 Å². The predicted molar refractivity (Wildman–Crippen MR) is 294 cm³/mol. The minimum atomic E-state index is -0.595. The van der Waals surface area contributed by atoms with Crippen molar-refractivity contribution in [2.45, 2.75) is 43.9 Å². The summed E-state index contributed by atoms with van der Waals surface area (Å²) in [5.74, 6) is 0. The maximum atomic E-state index is 2.61. The third kappa shape index (κ3) is 5.55. The number of hydrogen-bond acceptors (Lipinski definition) is 1. The van der Waals surface area contributed by atoms with Crippen LogP contribution in [0.2, 0.25) is 0 Å². The van der Waals surface area contributed by atoms with Crippen molar-refractivity contribution in [2.75, 3.05) is 4.90 Å². The summed E-state index contributed by atoms with van der Waals surface area (Å²) in [5.41, 5.74) is 23.2. The Balaban J connectivity index is 1.14. The first-order valence-electron chi connectivity index (χ1n) is 24.8. The van der Waals surface area contributed by atoms with Crippen LogP contribution in [0.15, 0.2) is 237 Å². The lowest BCUT2D eigenvalue weighted by molar-refractivity contribution is 0.660. The zero-order valence-electron chi connectivity index (χ0n) is 40.0. The van der Waals surface area contributed by atoms with E-state index in [0.717, 1.165) is 17.1 Å². The van der Waals surface area contributed by atoms with Gasteiger partial charge in [-0.05, 0) is 147 Å². The molecule has 0 saturated heterocycles. The Bertz CT molecular complexity index is 3800. The largest absolute Gasteiger partial charge is 0.310 e. The number of anilines is 3. The van der Waals surface area contributed by atoms with Gasteiger partial charge in [-0.2, -0.15) is 0 Å². The maximum Gasteiger partial charge on any atom is 0.0714 e. The van der Waals surface area contributed by atoms with Gasteiger partial charge in [-0.25, -0.2) is 0 Å². The number of rotatable bonds is 6. The van der Waals surface area contributed by atoms with Gasteiger partial charge in [0.1, 0.15) is 0 Å². The third-order valence-electron chi connectivity index (χ3n) is 16.5. The van der Waals surface area contributed by atoms with Gasteiger partial charge in [0, 0.05) is 27.8 Å². The van der Waals surface area contributed by atoms with Crippen LogP contribution < -0.4 is 4.90 Å². The molecule has 0 unspecified atom stereocenters. The van der Waals surface area contributed by atoms with Crippen molar-refractivity contribution in [2.24, 2.45) is 0 Å². The van der Waals surface area contributed by atoms with Crippen molar-refractivity contribution >= 4 is 38.6 Å². The van der Waals surface area contributed by atoms with Crippen LogP contribution in [-0.4, -0.2) is 0 Å². The Kier molecular flexibility index (Phi) is 8.66. The second-order valence-corrected chi connectivity index (χ2v) is 20.8. The molecule has 3 aliphatic rings. The summed E-state index contributed by atoms with van der Waals surface area (Å²) < 4.78 is 0. The van der Waals surface area contributed by atoms with Crippen molar-refractivity contribution < 1.29 is 0 Å². The summed E-state index contributed by atoms with van der Waals surface area (Å²) in [7, 11) is 0. The van der Waals surface area contributed by atoms with Crippen LogP contribution in [0.5, 0.6) is 0 Å². The van der Waals surface area contributed by atoms with Crippen molar-refractivity contribution in [1.29, 1.82) is 0 Å². The van der Waals surface area contributed by atoms with Crippen LogP contribution in [0.1, 0.15) is 72.2 Å². The van der Waals surface area contributed by atoms with E-state index in [2.05, 4.69) is 269 Å². The van der Waals surface area contributed by atoms with E-state index in [1.165, 1.54) is 111 Å². The molecule has 14 rings (SSSR count). The standard InChI is InChI=1S/C69H51N/c1-67(2)60-32-18-15-29-52(60)55-37-35-47(40-63(55)67)70(48-36-38-56-53-30-16-19-33-61(53)68(3,4)64(56)41-48)66-43-65-58(42-59(66)57-39-44-21-11-12-26-49(44)50-27-13-14-28-51(50)57)54-31-17-20-34-62(54)69(65,45-22-7-5-8-23-45)46-24-9-6-10-25-46/h5-43H,1-4H3. The third-order valence-corrected chi connectivity index (χ3v) is 16.5. The fourth-order valence-electron chi connectivity index (χ4n) is 13.2. The second-order valence-electron chi connectivity index (χ2n) is 20.8. The first kappa shape index (κ1) is 40.8. The van der Waals surface area contributed by atoms with Crippen LogP contribution in [0.25, 0.3) is 66.1 Å². The number of benzene rings is 11. The molecule has 3 aliphatic carbocycles. The smallest absolute Gasteiger partial charge is 0.0714 e. The molecule has 0 aliphatic heterocycles. The minimum Gasteiger partial charge on any atom is -0.310 e. The SMILES string of the molecule is CC1(C)c2ccccc2-c2ccc(N(c3ccc4c(c3)C(C)(C)c3ccccc3-4)c3cc4c(cc3-c3cc5ccccc5c5ccccc35)-c3ccccc3C4(c3ccccc3)c3ccccc3)cc21. The predicted octanol–water partition coefficient (Wildman–Crippen LogP) is 18.1. The fraction of sp³-hybridized carbons (Fsp3) is 0.101. The summed E-state index contributed by atoms with van der Waals surface area (Å²) >= 11 is 0. The van der Waals surface area contributed by atoms with Gasteiger partial charge in [-0.3, -0.25) is 0 Å².